The number of hydrogen-bond acceptors (Lipinski definition) is 3. The molecule has 2 heterocycles. The van der Waals surface area contributed by atoms with Crippen LogP contribution in [-0.2, 0) is 6.54 Å². The number of aromatic nitrogens is 1. The second-order valence-electron chi connectivity index (χ2n) is 3.37. The van der Waals surface area contributed by atoms with Gasteiger partial charge in [-0.3, -0.25) is 9.59 Å². The van der Waals surface area contributed by atoms with Crippen LogP contribution in [0.25, 0.3) is 0 Å². The summed E-state index contributed by atoms with van der Waals surface area (Å²) in [7, 11) is 0. The lowest BCUT2D eigenvalue weighted by Crippen LogP contribution is -2.11. The average Bonchev–Trinajstić information content (AvgIpc) is 2.61. The van der Waals surface area contributed by atoms with Crippen LogP contribution in [0.3, 0.4) is 0 Å². The second kappa shape index (κ2) is 5.29. The van der Waals surface area contributed by atoms with Crippen LogP contribution in [0.1, 0.15) is 10.4 Å². The first-order valence-electron chi connectivity index (χ1n) is 4.70. The fourth-order valence-electron chi connectivity index (χ4n) is 1.33. The van der Waals surface area contributed by atoms with Crippen molar-refractivity contribution in [1.82, 2.24) is 4.57 Å². The molecule has 0 radical (unpaired) electrons. The third kappa shape index (κ3) is 3.14. The smallest absolute Gasteiger partial charge is 0.184 e. The van der Waals surface area contributed by atoms with Gasteiger partial charge in [-0.2, -0.15) is 0 Å². The minimum absolute atomic E-state index is 0.00229. The summed E-state index contributed by atoms with van der Waals surface area (Å²) in [5.41, 5.74) is 0.591. The maximum atomic E-state index is 12.0. The molecule has 2 aromatic rings. The number of carbonyl (C=O) groups is 1. The largest absolute Gasteiger partial charge is 0.346 e. The van der Waals surface area contributed by atoms with Gasteiger partial charge in [0.2, 0.25) is 0 Å². The van der Waals surface area contributed by atoms with E-state index < -0.39 is 0 Å². The molecule has 0 aliphatic rings. The van der Waals surface area contributed by atoms with Gasteiger partial charge in [-0.05, 0) is 37.9 Å². The van der Waals surface area contributed by atoms with Crippen molar-refractivity contribution in [3.63, 3.8) is 0 Å². The van der Waals surface area contributed by atoms with Crippen LogP contribution in [-0.4, -0.2) is 10.4 Å². The van der Waals surface area contributed by atoms with Crippen LogP contribution in [0, 0.1) is 0 Å². The number of Topliss-reactive ketones (excluding diaryl/α,β-unsaturated/α-hetero) is 1. The van der Waals surface area contributed by atoms with Crippen molar-refractivity contribution in [3.05, 3.63) is 54.0 Å². The highest BCUT2D eigenvalue weighted by Crippen LogP contribution is 2.32. The van der Waals surface area contributed by atoms with E-state index in [0.29, 0.717) is 5.56 Å². The predicted molar refractivity (Wildman–Crippen MR) is 74.8 cm³/mol. The lowest BCUT2D eigenvalue weighted by Gasteiger charge is -2.03. The molecular weight excluding hydrogens is 370 g/mol. The molecule has 88 valence electrons. The van der Waals surface area contributed by atoms with Crippen molar-refractivity contribution >= 4 is 49.0 Å². The second-order valence-corrected chi connectivity index (χ2v) is 7.12. The Morgan fingerprint density at radius 2 is 1.94 bits per heavy atom. The highest BCUT2D eigenvalue weighted by molar-refractivity contribution is 9.12. The van der Waals surface area contributed by atoms with E-state index in [4.69, 9.17) is 0 Å². The molecule has 0 N–H and O–H groups in total. The Balaban J connectivity index is 2.19. The molecule has 0 aromatic carbocycles. The molecule has 2 rings (SSSR count). The van der Waals surface area contributed by atoms with Gasteiger partial charge in [-0.15, -0.1) is 11.3 Å². The maximum Gasteiger partial charge on any atom is 0.184 e. The van der Waals surface area contributed by atoms with Crippen LogP contribution in [0.15, 0.2) is 43.0 Å². The molecule has 0 aliphatic heterocycles. The predicted octanol–water partition coefficient (Wildman–Crippen LogP) is 3.32. The Morgan fingerprint density at radius 1 is 1.29 bits per heavy atom. The Kier molecular flexibility index (Phi) is 3.96. The minimum atomic E-state index is -0.0619. The lowest BCUT2D eigenvalue weighted by atomic mass is 10.2. The Labute approximate surface area is 118 Å². The fraction of sp³-hybridized carbons (Fsp3) is 0.0909. The number of halogens is 2. The molecule has 0 saturated carbocycles. The van der Waals surface area contributed by atoms with Crippen LogP contribution in [0.5, 0.6) is 0 Å². The summed E-state index contributed by atoms with van der Waals surface area (Å²) in [6, 6.07) is 4.66. The minimum Gasteiger partial charge on any atom is -0.346 e. The van der Waals surface area contributed by atoms with E-state index in [9.17, 15) is 9.59 Å². The third-order valence-electron chi connectivity index (χ3n) is 2.14. The van der Waals surface area contributed by atoms with Crippen molar-refractivity contribution in [2.45, 2.75) is 6.54 Å². The monoisotopic (exact) mass is 375 g/mol. The van der Waals surface area contributed by atoms with E-state index in [-0.39, 0.29) is 17.8 Å². The van der Waals surface area contributed by atoms with Gasteiger partial charge in [0.05, 0.1) is 14.1 Å². The first-order chi connectivity index (χ1) is 8.06. The summed E-state index contributed by atoms with van der Waals surface area (Å²) in [6.07, 6.45) is 3.21. The number of ketones is 1. The molecule has 3 nitrogen and oxygen atoms in total. The first kappa shape index (κ1) is 12.7. The Bertz CT molecular complexity index is 598. The van der Waals surface area contributed by atoms with Crippen LogP contribution in [0.2, 0.25) is 0 Å². The molecule has 0 fully saturated rings. The molecule has 0 spiro atoms. The van der Waals surface area contributed by atoms with E-state index in [1.807, 2.05) is 0 Å². The summed E-state index contributed by atoms with van der Waals surface area (Å²) < 4.78 is 3.41. The zero-order chi connectivity index (χ0) is 12.4. The van der Waals surface area contributed by atoms with Gasteiger partial charge >= 0.3 is 0 Å². The molecule has 2 aromatic heterocycles. The topological polar surface area (TPSA) is 39.1 Å². The summed E-state index contributed by atoms with van der Waals surface area (Å²) in [4.78, 5) is 22.9. The van der Waals surface area contributed by atoms with E-state index in [1.54, 1.807) is 23.0 Å². The standard InChI is InChI=1S/C11H7Br2NO2S/c12-10-5-8(11(13)17-10)9(16)6-14-3-1-7(15)2-4-14/h1-5H,6H2. The molecule has 0 atom stereocenters. The van der Waals surface area contributed by atoms with Crippen LogP contribution in [0.4, 0.5) is 0 Å². The van der Waals surface area contributed by atoms with E-state index in [1.165, 1.54) is 23.5 Å². The van der Waals surface area contributed by atoms with Gasteiger partial charge in [-0.1, -0.05) is 0 Å². The lowest BCUT2D eigenvalue weighted by molar-refractivity contribution is 0.0971. The van der Waals surface area contributed by atoms with Gasteiger partial charge in [-0.25, -0.2) is 0 Å². The van der Waals surface area contributed by atoms with Gasteiger partial charge < -0.3 is 4.57 Å². The number of nitrogens with zero attached hydrogens (tertiary/aromatic N) is 1. The summed E-state index contributed by atoms with van der Waals surface area (Å²) >= 11 is 8.15. The number of rotatable bonds is 3. The fourth-order valence-corrected chi connectivity index (χ4v) is 4.19. The van der Waals surface area contributed by atoms with Gasteiger partial charge in [0.1, 0.15) is 0 Å². The quantitative estimate of drug-likeness (QED) is 0.771. The molecule has 0 unspecified atom stereocenters. The Morgan fingerprint density at radius 3 is 2.47 bits per heavy atom. The van der Waals surface area contributed by atoms with Crippen molar-refractivity contribution in [1.29, 1.82) is 0 Å². The SMILES string of the molecule is O=C(Cn1ccc(=O)cc1)c1cc(Br)sc1Br. The molecule has 0 aliphatic carbocycles. The van der Waals surface area contributed by atoms with E-state index >= 15 is 0 Å². The zero-order valence-corrected chi connectivity index (χ0v) is 12.5. The molecule has 0 amide bonds. The Hall–Kier alpha value is -0.720. The van der Waals surface area contributed by atoms with E-state index in [0.717, 1.165) is 7.57 Å². The molecular formula is C11H7Br2NO2S. The van der Waals surface area contributed by atoms with Crippen molar-refractivity contribution in [2.75, 3.05) is 0 Å². The highest BCUT2D eigenvalue weighted by atomic mass is 79.9. The van der Waals surface area contributed by atoms with Crippen LogP contribution < -0.4 is 5.43 Å². The highest BCUT2D eigenvalue weighted by Gasteiger charge is 2.13. The molecule has 0 saturated heterocycles. The van der Waals surface area contributed by atoms with E-state index in [2.05, 4.69) is 31.9 Å². The number of pyridine rings is 1. The molecule has 17 heavy (non-hydrogen) atoms. The number of hydrogen-bond donors (Lipinski definition) is 0. The molecule has 0 bridgehead atoms. The number of carbonyl (C=O) groups excluding carboxylic acids is 1. The average molecular weight is 377 g/mol. The van der Waals surface area contributed by atoms with Gasteiger partial charge in [0.15, 0.2) is 11.2 Å². The maximum absolute atomic E-state index is 12.0. The van der Waals surface area contributed by atoms with Crippen LogP contribution >= 0.6 is 43.2 Å². The van der Waals surface area contributed by atoms with Gasteiger partial charge in [0, 0.05) is 30.1 Å². The van der Waals surface area contributed by atoms with Gasteiger partial charge in [0.25, 0.3) is 0 Å². The summed E-state index contributed by atoms with van der Waals surface area (Å²) in [6.45, 7) is 0.224. The third-order valence-corrected chi connectivity index (χ3v) is 4.48. The summed E-state index contributed by atoms with van der Waals surface area (Å²) in [5.74, 6) is 0.00229. The van der Waals surface area contributed by atoms with Crippen molar-refractivity contribution in [3.8, 4) is 0 Å². The number of thiophene rings is 1. The first-order valence-corrected chi connectivity index (χ1v) is 7.10. The normalized spacial score (nSPS) is 10.5. The zero-order valence-electron chi connectivity index (χ0n) is 8.52. The van der Waals surface area contributed by atoms with Crippen molar-refractivity contribution < 1.29 is 4.79 Å². The molecule has 6 heteroatoms. The van der Waals surface area contributed by atoms with Crippen molar-refractivity contribution in [2.24, 2.45) is 0 Å². The summed E-state index contributed by atoms with van der Waals surface area (Å²) in [5, 5.41) is 0.